The van der Waals surface area contributed by atoms with Crippen LogP contribution in [0.4, 0.5) is 0 Å². The van der Waals surface area contributed by atoms with E-state index >= 15 is 0 Å². The molecular weight excluding hydrogens is 655 g/mol. The van der Waals surface area contributed by atoms with E-state index in [4.69, 9.17) is 0 Å². The molecule has 0 bridgehead atoms. The summed E-state index contributed by atoms with van der Waals surface area (Å²) < 4.78 is 1.51. The molecule has 0 aromatic heterocycles. The van der Waals surface area contributed by atoms with Crippen molar-refractivity contribution in [2.45, 2.75) is 72.6 Å². The van der Waals surface area contributed by atoms with E-state index in [1.165, 1.54) is 58.8 Å². The van der Waals surface area contributed by atoms with Crippen molar-refractivity contribution < 1.29 is 49.0 Å². The number of hydrogen-bond donors (Lipinski definition) is 0. The Balaban J connectivity index is 0.000000535. The van der Waals surface area contributed by atoms with Crippen LogP contribution >= 0.6 is 0 Å². The van der Waals surface area contributed by atoms with E-state index in [0.29, 0.717) is 0 Å². The minimum Gasteiger partial charge on any atom is -1.00 e. The molecular formula is C41H44Cl2Zr-2. The molecule has 44 heavy (non-hydrogen) atoms. The summed E-state index contributed by atoms with van der Waals surface area (Å²) in [5, 5.41) is 0. The molecule has 0 radical (unpaired) electrons. The van der Waals surface area contributed by atoms with E-state index < -0.39 is 0 Å². The summed E-state index contributed by atoms with van der Waals surface area (Å²) in [6, 6.07) is 42.8. The van der Waals surface area contributed by atoms with Gasteiger partial charge in [0, 0.05) is 0 Å². The van der Waals surface area contributed by atoms with E-state index in [-0.39, 0.29) is 35.6 Å². The molecule has 0 unspecified atom stereocenters. The molecule has 0 atom stereocenters. The topological polar surface area (TPSA) is 0 Å². The van der Waals surface area contributed by atoms with E-state index in [1.54, 1.807) is 24.2 Å². The summed E-state index contributed by atoms with van der Waals surface area (Å²) in [6.45, 7) is 18.1. The summed E-state index contributed by atoms with van der Waals surface area (Å²) in [5.74, 6) is 0. The molecule has 0 heterocycles. The van der Waals surface area contributed by atoms with Crippen molar-refractivity contribution in [3.05, 3.63) is 138 Å². The number of hydrogen-bond acceptors (Lipinski definition) is 0. The van der Waals surface area contributed by atoms with Crippen molar-refractivity contribution in [2.75, 3.05) is 0 Å². The Bertz CT molecular complexity index is 1490. The molecule has 0 aliphatic heterocycles. The largest absolute Gasteiger partial charge is 1.00 e. The molecule has 1 aliphatic carbocycles. The van der Waals surface area contributed by atoms with Gasteiger partial charge in [-0.25, -0.2) is 12.1 Å². The van der Waals surface area contributed by atoms with Crippen LogP contribution in [0, 0.1) is 6.07 Å². The number of benzene rings is 4. The fourth-order valence-corrected chi connectivity index (χ4v) is 5.42. The summed E-state index contributed by atoms with van der Waals surface area (Å²) in [6.07, 6.45) is 0.944. The standard InChI is InChI=1S/C33H33.C5H5.C3H6.2ClH.Zr/c1-32(2,3)30-20-26-24(18-28(30)22-13-9-7-10-14-22)17-25-19-29(23-15-11-8-12-16-23)31(21-27(25)26)33(4,5)6;1-2-4-5-3-1;1-3-2;;;/h7-16,18,20-21H,17H2,1-6H3;1-5H;1-2H3;2*1H;/q2*-1;;;;+2/p-2. The third-order valence-electron chi connectivity index (χ3n) is 7.38. The second-order valence-electron chi connectivity index (χ2n) is 13.4. The monoisotopic (exact) mass is 696 g/mol. The predicted octanol–water partition coefficient (Wildman–Crippen LogP) is 5.15. The average molecular weight is 699 g/mol. The van der Waals surface area contributed by atoms with Crippen molar-refractivity contribution >= 4 is 3.21 Å². The van der Waals surface area contributed by atoms with Gasteiger partial charge in [-0.2, -0.15) is 18.2 Å². The van der Waals surface area contributed by atoms with Gasteiger partial charge in [0.2, 0.25) is 0 Å². The zero-order valence-corrected chi connectivity index (χ0v) is 31.3. The van der Waals surface area contributed by atoms with E-state index in [1.807, 2.05) is 30.3 Å². The van der Waals surface area contributed by atoms with Crippen molar-refractivity contribution in [3.63, 3.8) is 0 Å². The molecule has 1 aliphatic rings. The normalized spacial score (nSPS) is 11.3. The quantitative estimate of drug-likeness (QED) is 0.220. The Morgan fingerprint density at radius 1 is 0.636 bits per heavy atom. The first kappa shape index (κ1) is 37.7. The number of rotatable bonds is 2. The van der Waals surface area contributed by atoms with Gasteiger partial charge in [-0.1, -0.05) is 131 Å². The van der Waals surface area contributed by atoms with Crippen LogP contribution in [0.15, 0.2) is 109 Å². The van der Waals surface area contributed by atoms with Gasteiger partial charge in [0.05, 0.1) is 0 Å². The molecule has 0 nitrogen and oxygen atoms in total. The van der Waals surface area contributed by atoms with Gasteiger partial charge in [0.1, 0.15) is 0 Å². The summed E-state index contributed by atoms with van der Waals surface area (Å²) in [4.78, 5) is 0. The first-order valence-electron chi connectivity index (χ1n) is 14.9. The van der Waals surface area contributed by atoms with Crippen LogP contribution in [0.1, 0.15) is 77.6 Å². The molecule has 0 saturated carbocycles. The third-order valence-corrected chi connectivity index (χ3v) is 7.38. The predicted molar refractivity (Wildman–Crippen MR) is 180 cm³/mol. The maximum absolute atomic E-state index is 3.88. The Morgan fingerprint density at radius 2 is 1.11 bits per heavy atom. The molecule has 228 valence electrons. The second kappa shape index (κ2) is 16.2. The van der Waals surface area contributed by atoms with Crippen LogP contribution in [0.5, 0.6) is 0 Å². The van der Waals surface area contributed by atoms with Crippen LogP contribution in [-0.2, 0) is 41.5 Å². The van der Waals surface area contributed by atoms with Crippen LogP contribution < -0.4 is 24.8 Å². The molecule has 3 heteroatoms. The Hall–Kier alpha value is -2.44. The molecule has 0 fully saturated rings. The second-order valence-corrected chi connectivity index (χ2v) is 15.8. The molecule has 0 saturated heterocycles. The van der Waals surface area contributed by atoms with Gasteiger partial charge >= 0.3 is 41.3 Å². The van der Waals surface area contributed by atoms with Gasteiger partial charge in [-0.05, 0) is 39.5 Å². The van der Waals surface area contributed by atoms with Gasteiger partial charge in [0.15, 0.2) is 0 Å². The van der Waals surface area contributed by atoms with Gasteiger partial charge in [0.25, 0.3) is 0 Å². The van der Waals surface area contributed by atoms with Crippen molar-refractivity contribution in [2.24, 2.45) is 0 Å². The van der Waals surface area contributed by atoms with Gasteiger partial charge in [-0.15, -0.1) is 28.8 Å². The summed E-state index contributed by atoms with van der Waals surface area (Å²) in [7, 11) is 0. The van der Waals surface area contributed by atoms with Crippen LogP contribution in [0.3, 0.4) is 0 Å². The van der Waals surface area contributed by atoms with Crippen LogP contribution in [0.2, 0.25) is 0 Å². The Kier molecular flexibility index (Phi) is 13.9. The molecule has 0 amide bonds. The van der Waals surface area contributed by atoms with Crippen molar-refractivity contribution in [1.29, 1.82) is 0 Å². The van der Waals surface area contributed by atoms with E-state index in [2.05, 4.69) is 140 Å². The van der Waals surface area contributed by atoms with Gasteiger partial charge < -0.3 is 24.8 Å². The number of fused-ring (bicyclic) bond motifs is 3. The van der Waals surface area contributed by atoms with Crippen LogP contribution in [0.25, 0.3) is 33.4 Å². The summed E-state index contributed by atoms with van der Waals surface area (Å²) in [5.41, 5.74) is 13.5. The van der Waals surface area contributed by atoms with Crippen LogP contribution in [-0.4, -0.2) is 3.21 Å². The Labute approximate surface area is 293 Å². The first-order valence-corrected chi connectivity index (χ1v) is 16.2. The molecule has 5 aromatic carbocycles. The number of halogens is 2. The SMILES string of the molecule is CC(C)(C)c1cc2c([c-]c1-c1ccccc1)Cc1cc(-c3ccccc3)c(C(C)(C)C)cc1-2.C[C](C)=[Zr+2].[Cl-].[Cl-].c1cc[cH-]c1. The minimum absolute atomic E-state index is 0. The minimum atomic E-state index is 0. The smallest absolute Gasteiger partial charge is 0.172 e. The zero-order chi connectivity index (χ0) is 30.5. The van der Waals surface area contributed by atoms with Crippen molar-refractivity contribution in [1.82, 2.24) is 0 Å². The summed E-state index contributed by atoms with van der Waals surface area (Å²) >= 11 is 1.55. The molecule has 0 spiro atoms. The molecule has 5 aromatic rings. The molecule has 0 N–H and O–H groups in total. The maximum atomic E-state index is 3.88. The Morgan fingerprint density at radius 3 is 1.57 bits per heavy atom. The third kappa shape index (κ3) is 9.53. The van der Waals surface area contributed by atoms with Crippen molar-refractivity contribution in [3.8, 4) is 33.4 Å². The van der Waals surface area contributed by atoms with Gasteiger partial charge in [-0.3, -0.25) is 0 Å². The fourth-order valence-electron chi connectivity index (χ4n) is 5.42. The molecule has 6 rings (SSSR count). The maximum Gasteiger partial charge on any atom is -0.172 e. The van der Waals surface area contributed by atoms with E-state index in [0.717, 1.165) is 6.42 Å². The first-order chi connectivity index (χ1) is 19.9. The average Bonchev–Trinajstić information content (AvgIpc) is 3.63. The fraction of sp³-hybridized carbons (Fsp3) is 0.268. The van der Waals surface area contributed by atoms with E-state index in [9.17, 15) is 0 Å². The zero-order valence-electron chi connectivity index (χ0n) is 27.4.